The third-order valence-corrected chi connectivity index (χ3v) is 9.37. The van der Waals surface area contributed by atoms with Gasteiger partial charge in [0.2, 0.25) is 11.8 Å². The highest BCUT2D eigenvalue weighted by atomic mass is 35.5. The summed E-state index contributed by atoms with van der Waals surface area (Å²) in [5.74, 6) is -0.255. The fourth-order valence-corrected chi connectivity index (χ4v) is 6.57. The van der Waals surface area contributed by atoms with Gasteiger partial charge >= 0.3 is 0 Å². The molecule has 0 radical (unpaired) electrons. The molecule has 2 amide bonds. The summed E-state index contributed by atoms with van der Waals surface area (Å²) in [4.78, 5) is 29.0. The summed E-state index contributed by atoms with van der Waals surface area (Å²) < 4.78 is 40.3. The van der Waals surface area contributed by atoms with Crippen LogP contribution in [0.2, 0.25) is 5.02 Å². The van der Waals surface area contributed by atoms with Crippen molar-refractivity contribution in [2.24, 2.45) is 0 Å². The summed E-state index contributed by atoms with van der Waals surface area (Å²) >= 11 is 6.48. The van der Waals surface area contributed by atoms with Crippen LogP contribution < -0.4 is 19.1 Å². The van der Waals surface area contributed by atoms with Gasteiger partial charge in [-0.05, 0) is 73.7 Å². The highest BCUT2D eigenvalue weighted by molar-refractivity contribution is 7.92. The average molecular weight is 644 g/mol. The number of hydrogen-bond donors (Lipinski definition) is 1. The Morgan fingerprint density at radius 2 is 1.59 bits per heavy atom. The van der Waals surface area contributed by atoms with Gasteiger partial charge in [0.1, 0.15) is 12.6 Å². The molecule has 1 N–H and O–H groups in total. The van der Waals surface area contributed by atoms with Crippen LogP contribution in [0.15, 0.2) is 65.6 Å². The van der Waals surface area contributed by atoms with E-state index in [1.54, 1.807) is 36.4 Å². The molecule has 0 heterocycles. The molecule has 11 heteroatoms. The van der Waals surface area contributed by atoms with Crippen molar-refractivity contribution in [3.8, 4) is 11.5 Å². The van der Waals surface area contributed by atoms with Gasteiger partial charge in [-0.3, -0.25) is 13.9 Å². The van der Waals surface area contributed by atoms with E-state index in [9.17, 15) is 18.0 Å². The van der Waals surface area contributed by atoms with E-state index >= 15 is 0 Å². The van der Waals surface area contributed by atoms with E-state index in [0.29, 0.717) is 35.0 Å². The number of sulfonamides is 1. The molecule has 0 fully saturated rings. The minimum absolute atomic E-state index is 0.0231. The lowest BCUT2D eigenvalue weighted by Gasteiger charge is -2.33. The molecule has 0 aliphatic carbocycles. The zero-order chi connectivity index (χ0) is 32.4. The van der Waals surface area contributed by atoms with Crippen molar-refractivity contribution < 1.29 is 27.5 Å². The van der Waals surface area contributed by atoms with Crippen molar-refractivity contribution in [2.45, 2.75) is 64.4 Å². The Morgan fingerprint density at radius 3 is 2.18 bits per heavy atom. The molecular formula is C33H42ClN3O6S. The van der Waals surface area contributed by atoms with Crippen LogP contribution in [0.5, 0.6) is 11.5 Å². The Labute approximate surface area is 266 Å². The van der Waals surface area contributed by atoms with E-state index < -0.39 is 28.5 Å². The lowest BCUT2D eigenvalue weighted by atomic mass is 10.1. The topological polar surface area (TPSA) is 105 Å². The standard InChI is InChI=1S/C33H42ClN3O6S/c1-7-9-16-35-33(39)29(8-2)36(21-25-12-10-11-13-28(25)34)32(38)22-37(26-18-23(3)17-24(4)19-26)44(40,41)27-14-15-30(42-5)31(20-27)43-6/h10-15,17-20,29H,7-9,16,21-22H2,1-6H3,(H,35,39)/t29-/m1/s1. The van der Waals surface area contributed by atoms with Crippen LogP contribution in [0.3, 0.4) is 0 Å². The molecule has 0 saturated heterocycles. The Balaban J connectivity index is 2.12. The number of methoxy groups -OCH3 is 2. The van der Waals surface area contributed by atoms with Gasteiger partial charge in [-0.1, -0.05) is 56.1 Å². The lowest BCUT2D eigenvalue weighted by Crippen LogP contribution is -2.52. The Bertz CT molecular complexity index is 1540. The second-order valence-corrected chi connectivity index (χ2v) is 12.8. The molecule has 3 aromatic rings. The number of unbranched alkanes of at least 4 members (excludes halogenated alkanes) is 1. The van der Waals surface area contributed by atoms with E-state index in [1.807, 2.05) is 33.8 Å². The van der Waals surface area contributed by atoms with Crippen molar-refractivity contribution in [1.29, 1.82) is 0 Å². The number of benzene rings is 3. The molecule has 44 heavy (non-hydrogen) atoms. The minimum atomic E-state index is -4.30. The number of aryl methyl sites for hydroxylation is 2. The number of amides is 2. The molecule has 0 unspecified atom stereocenters. The predicted octanol–water partition coefficient (Wildman–Crippen LogP) is 5.89. The SMILES string of the molecule is CCCCNC(=O)[C@@H](CC)N(Cc1ccccc1Cl)C(=O)CN(c1cc(C)cc(C)c1)S(=O)(=O)c1ccc(OC)c(OC)c1. The molecule has 9 nitrogen and oxygen atoms in total. The van der Waals surface area contributed by atoms with Crippen LogP contribution >= 0.6 is 11.6 Å². The summed E-state index contributed by atoms with van der Waals surface area (Å²) in [6.07, 6.45) is 2.02. The van der Waals surface area contributed by atoms with Crippen molar-refractivity contribution in [3.63, 3.8) is 0 Å². The molecule has 0 spiro atoms. The molecule has 3 aromatic carbocycles. The molecule has 0 bridgehead atoms. The van der Waals surface area contributed by atoms with Gasteiger partial charge in [-0.15, -0.1) is 0 Å². The number of nitrogens with one attached hydrogen (secondary N) is 1. The normalized spacial score (nSPS) is 11.9. The van der Waals surface area contributed by atoms with Gasteiger partial charge < -0.3 is 19.7 Å². The molecule has 0 aromatic heterocycles. The summed E-state index contributed by atoms with van der Waals surface area (Å²) in [5, 5.41) is 3.37. The van der Waals surface area contributed by atoms with Crippen LogP contribution in [0, 0.1) is 13.8 Å². The zero-order valence-corrected chi connectivity index (χ0v) is 27.8. The number of anilines is 1. The first-order chi connectivity index (χ1) is 21.0. The first-order valence-corrected chi connectivity index (χ1v) is 16.4. The number of rotatable bonds is 15. The Kier molecular flexibility index (Phi) is 12.5. The molecule has 0 aliphatic rings. The molecule has 3 rings (SSSR count). The minimum Gasteiger partial charge on any atom is -0.493 e. The van der Waals surface area contributed by atoms with E-state index in [2.05, 4.69) is 5.32 Å². The number of carbonyl (C=O) groups is 2. The third kappa shape index (κ3) is 8.45. The zero-order valence-electron chi connectivity index (χ0n) is 26.2. The molecule has 238 valence electrons. The van der Waals surface area contributed by atoms with Crippen LogP contribution in [-0.4, -0.2) is 58.5 Å². The highest BCUT2D eigenvalue weighted by Gasteiger charge is 2.34. The monoisotopic (exact) mass is 643 g/mol. The van der Waals surface area contributed by atoms with E-state index in [0.717, 1.165) is 28.3 Å². The maximum absolute atomic E-state index is 14.3. The number of halogens is 1. The van der Waals surface area contributed by atoms with E-state index in [-0.39, 0.29) is 23.1 Å². The van der Waals surface area contributed by atoms with Crippen LogP contribution in [0.1, 0.15) is 49.8 Å². The van der Waals surface area contributed by atoms with Crippen molar-refractivity contribution in [3.05, 3.63) is 82.4 Å². The highest BCUT2D eigenvalue weighted by Crippen LogP contribution is 2.33. The second-order valence-electron chi connectivity index (χ2n) is 10.6. The quantitative estimate of drug-likeness (QED) is 0.207. The smallest absolute Gasteiger partial charge is 0.264 e. The summed E-state index contributed by atoms with van der Waals surface area (Å²) in [5.41, 5.74) is 2.62. The maximum atomic E-state index is 14.3. The fraction of sp³-hybridized carbons (Fsp3) is 0.394. The molecule has 1 atom stereocenters. The largest absolute Gasteiger partial charge is 0.493 e. The van der Waals surface area contributed by atoms with Gasteiger partial charge in [0, 0.05) is 24.2 Å². The van der Waals surface area contributed by atoms with Crippen LogP contribution in [0.4, 0.5) is 5.69 Å². The van der Waals surface area contributed by atoms with E-state index in [4.69, 9.17) is 21.1 Å². The number of nitrogens with zero attached hydrogens (tertiary/aromatic N) is 2. The van der Waals surface area contributed by atoms with Crippen molar-refractivity contribution in [2.75, 3.05) is 31.6 Å². The number of hydrogen-bond acceptors (Lipinski definition) is 6. The predicted molar refractivity (Wildman–Crippen MR) is 174 cm³/mol. The summed E-state index contributed by atoms with van der Waals surface area (Å²) in [7, 11) is -1.42. The first kappa shape index (κ1) is 34.7. The summed E-state index contributed by atoms with van der Waals surface area (Å²) in [6, 6.07) is 15.9. The third-order valence-electron chi connectivity index (χ3n) is 7.23. The van der Waals surface area contributed by atoms with Crippen LogP contribution in [-0.2, 0) is 26.2 Å². The van der Waals surface area contributed by atoms with E-state index in [1.165, 1.54) is 37.3 Å². The maximum Gasteiger partial charge on any atom is 0.264 e. The average Bonchev–Trinajstić information content (AvgIpc) is 2.99. The van der Waals surface area contributed by atoms with Crippen molar-refractivity contribution >= 4 is 39.1 Å². The van der Waals surface area contributed by atoms with Crippen molar-refractivity contribution in [1.82, 2.24) is 10.2 Å². The van der Waals surface area contributed by atoms with Crippen LogP contribution in [0.25, 0.3) is 0 Å². The second kappa shape index (κ2) is 15.8. The van der Waals surface area contributed by atoms with Gasteiger partial charge in [-0.2, -0.15) is 0 Å². The Morgan fingerprint density at radius 1 is 0.932 bits per heavy atom. The van der Waals surface area contributed by atoms with Gasteiger partial charge in [-0.25, -0.2) is 8.42 Å². The number of ether oxygens (including phenoxy) is 2. The van der Waals surface area contributed by atoms with Gasteiger partial charge in [0.05, 0.1) is 24.8 Å². The lowest BCUT2D eigenvalue weighted by molar-refractivity contribution is -0.140. The molecular weight excluding hydrogens is 602 g/mol. The number of carbonyl (C=O) groups excluding carboxylic acids is 2. The summed E-state index contributed by atoms with van der Waals surface area (Å²) in [6.45, 7) is 7.50. The first-order valence-electron chi connectivity index (χ1n) is 14.6. The molecule has 0 aliphatic heterocycles. The Hall–Kier alpha value is -3.76. The van der Waals surface area contributed by atoms with Gasteiger partial charge in [0.15, 0.2) is 11.5 Å². The molecule has 0 saturated carbocycles. The fourth-order valence-electron chi connectivity index (χ4n) is 4.96. The van der Waals surface area contributed by atoms with Gasteiger partial charge in [0.25, 0.3) is 10.0 Å².